The lowest BCUT2D eigenvalue weighted by atomic mass is 9.52. The fraction of sp³-hybridized carbons (Fsp3) is 0.929. The molecule has 1 aliphatic rings. The second kappa shape index (κ2) is 4.97. The first-order valence-corrected chi connectivity index (χ1v) is 6.17. The zero-order valence-corrected chi connectivity index (χ0v) is 11.6. The molecule has 1 aliphatic carbocycles. The van der Waals surface area contributed by atoms with Gasteiger partial charge in [0.05, 0.1) is 13.5 Å². The first-order valence-electron chi connectivity index (χ1n) is 7.67. The van der Waals surface area contributed by atoms with E-state index in [2.05, 4.69) is 0 Å². The van der Waals surface area contributed by atoms with Gasteiger partial charge in [-0.25, -0.2) is 0 Å². The SMILES string of the molecule is [2H]C([2H])(N)C1(CC(=O)OC)CCC([2H])(C)C(C)(C)C1C. The quantitative estimate of drug-likeness (QED) is 0.776. The number of ether oxygens (including phenoxy) is 1. The number of esters is 1. The summed E-state index contributed by atoms with van der Waals surface area (Å²) >= 11 is 0. The predicted molar refractivity (Wildman–Crippen MR) is 69.5 cm³/mol. The number of methoxy groups -OCH3 is 1. The van der Waals surface area contributed by atoms with Crippen molar-refractivity contribution in [2.45, 2.75) is 47.0 Å². The van der Waals surface area contributed by atoms with Gasteiger partial charge in [-0.15, -0.1) is 0 Å². The Bertz CT molecular complexity index is 390. The fourth-order valence-corrected chi connectivity index (χ4v) is 2.83. The molecule has 0 aromatic heterocycles. The first kappa shape index (κ1) is 10.4. The van der Waals surface area contributed by atoms with Crippen LogP contribution in [0.5, 0.6) is 0 Å². The third-order valence-corrected chi connectivity index (χ3v) is 4.93. The van der Waals surface area contributed by atoms with E-state index in [-0.39, 0.29) is 12.3 Å². The molecule has 3 unspecified atom stereocenters. The number of hydrogen-bond acceptors (Lipinski definition) is 3. The molecule has 0 aromatic carbocycles. The highest BCUT2D eigenvalue weighted by atomic mass is 16.5. The monoisotopic (exact) mass is 244 g/mol. The molecule has 0 bridgehead atoms. The average Bonchev–Trinajstić information content (AvgIpc) is 2.29. The van der Waals surface area contributed by atoms with Crippen LogP contribution in [0, 0.1) is 22.6 Å². The molecule has 0 radical (unpaired) electrons. The smallest absolute Gasteiger partial charge is 0.306 e. The summed E-state index contributed by atoms with van der Waals surface area (Å²) in [6.45, 7) is 5.70. The summed E-state index contributed by atoms with van der Waals surface area (Å²) in [5.41, 5.74) is 4.36. The van der Waals surface area contributed by atoms with Crippen LogP contribution in [0.4, 0.5) is 0 Å². The number of carbonyl (C=O) groups excluding carboxylic acids is 1. The van der Waals surface area contributed by atoms with Crippen LogP contribution in [-0.2, 0) is 9.53 Å². The van der Waals surface area contributed by atoms with Crippen molar-refractivity contribution in [3.8, 4) is 0 Å². The van der Waals surface area contributed by atoms with Gasteiger partial charge in [0.1, 0.15) is 0 Å². The van der Waals surface area contributed by atoms with Gasteiger partial charge in [0, 0.05) is 4.11 Å². The molecule has 17 heavy (non-hydrogen) atoms. The van der Waals surface area contributed by atoms with E-state index in [0.717, 1.165) is 0 Å². The molecule has 1 fully saturated rings. The maximum atomic E-state index is 11.8. The number of carbonyl (C=O) groups is 1. The van der Waals surface area contributed by atoms with Crippen LogP contribution >= 0.6 is 0 Å². The second-order valence-corrected chi connectivity index (χ2v) is 5.78. The lowest BCUT2D eigenvalue weighted by Crippen LogP contribution is -2.51. The lowest BCUT2D eigenvalue weighted by molar-refractivity contribution is -0.147. The Morgan fingerprint density at radius 2 is 2.18 bits per heavy atom. The molecule has 0 heterocycles. The molecule has 0 aliphatic heterocycles. The summed E-state index contributed by atoms with van der Waals surface area (Å²) in [4.78, 5) is 11.8. The molecule has 3 heteroatoms. The molecule has 1 rings (SSSR count). The number of nitrogens with two attached hydrogens (primary N) is 1. The number of hydrogen-bond donors (Lipinski definition) is 1. The Morgan fingerprint density at radius 1 is 1.59 bits per heavy atom. The van der Waals surface area contributed by atoms with Gasteiger partial charge in [0.25, 0.3) is 0 Å². The van der Waals surface area contributed by atoms with Crippen molar-refractivity contribution in [2.24, 2.45) is 28.4 Å². The standard InChI is InChI=1S/C14H27NO2/c1-10-6-7-14(9-15,8-12(16)17-5)11(2)13(10,3)4/h10-11H,6-9,15H2,1-5H3/i9D2,10D. The molecule has 1 saturated carbocycles. The highest BCUT2D eigenvalue weighted by Crippen LogP contribution is 2.54. The summed E-state index contributed by atoms with van der Waals surface area (Å²) in [5.74, 6) is -1.34. The van der Waals surface area contributed by atoms with E-state index in [9.17, 15) is 4.79 Å². The van der Waals surface area contributed by atoms with E-state index in [1.807, 2.05) is 27.7 Å². The molecule has 0 amide bonds. The fourth-order valence-electron chi connectivity index (χ4n) is 2.83. The van der Waals surface area contributed by atoms with E-state index in [1.54, 1.807) is 0 Å². The van der Waals surface area contributed by atoms with Gasteiger partial charge in [-0.05, 0) is 42.0 Å². The Labute approximate surface area is 109 Å². The van der Waals surface area contributed by atoms with Gasteiger partial charge < -0.3 is 10.5 Å². The van der Waals surface area contributed by atoms with Crippen molar-refractivity contribution in [2.75, 3.05) is 13.6 Å². The average molecular weight is 244 g/mol. The molecule has 0 spiro atoms. The summed E-state index contributed by atoms with van der Waals surface area (Å²) in [6, 6.07) is 0. The summed E-state index contributed by atoms with van der Waals surface area (Å²) in [5, 5.41) is 0. The molecule has 3 atom stereocenters. The normalized spacial score (nSPS) is 44.4. The van der Waals surface area contributed by atoms with Crippen LogP contribution in [0.2, 0.25) is 0 Å². The van der Waals surface area contributed by atoms with Crippen molar-refractivity contribution in [1.29, 1.82) is 0 Å². The van der Waals surface area contributed by atoms with E-state index < -0.39 is 29.2 Å². The summed E-state index contributed by atoms with van der Waals surface area (Å²) in [6.07, 6.45) is 0.877. The van der Waals surface area contributed by atoms with Gasteiger partial charge in [-0.3, -0.25) is 4.79 Å². The van der Waals surface area contributed by atoms with Crippen molar-refractivity contribution in [3.63, 3.8) is 0 Å². The second-order valence-electron chi connectivity index (χ2n) is 5.78. The molecule has 100 valence electrons. The van der Waals surface area contributed by atoms with Crippen molar-refractivity contribution in [3.05, 3.63) is 0 Å². The van der Waals surface area contributed by atoms with Gasteiger partial charge in [0.2, 0.25) is 0 Å². The van der Waals surface area contributed by atoms with Crippen molar-refractivity contribution >= 4 is 5.97 Å². The molecular formula is C14H27NO2. The van der Waals surface area contributed by atoms with Crippen LogP contribution in [0.1, 0.15) is 51.1 Å². The highest BCUT2D eigenvalue weighted by molar-refractivity contribution is 5.70. The van der Waals surface area contributed by atoms with Crippen LogP contribution < -0.4 is 5.73 Å². The minimum Gasteiger partial charge on any atom is -0.469 e. The van der Waals surface area contributed by atoms with E-state index in [4.69, 9.17) is 14.6 Å². The molecule has 0 saturated heterocycles. The van der Waals surface area contributed by atoms with Gasteiger partial charge >= 0.3 is 5.97 Å². The highest BCUT2D eigenvalue weighted by Gasteiger charge is 2.50. The molecule has 2 N–H and O–H groups in total. The maximum Gasteiger partial charge on any atom is 0.306 e. The van der Waals surface area contributed by atoms with Crippen LogP contribution in [0.25, 0.3) is 0 Å². The van der Waals surface area contributed by atoms with Crippen molar-refractivity contribution in [1.82, 2.24) is 0 Å². The van der Waals surface area contributed by atoms with E-state index in [1.165, 1.54) is 7.11 Å². The van der Waals surface area contributed by atoms with Crippen LogP contribution in [0.3, 0.4) is 0 Å². The third-order valence-electron chi connectivity index (χ3n) is 4.93. The zero-order valence-electron chi connectivity index (χ0n) is 14.6. The van der Waals surface area contributed by atoms with Crippen LogP contribution in [0.15, 0.2) is 0 Å². The Morgan fingerprint density at radius 3 is 2.65 bits per heavy atom. The molecule has 3 nitrogen and oxygen atoms in total. The third kappa shape index (κ3) is 2.49. The lowest BCUT2D eigenvalue weighted by Gasteiger charge is -2.53. The summed E-state index contributed by atoms with van der Waals surface area (Å²) in [7, 11) is 1.30. The van der Waals surface area contributed by atoms with E-state index >= 15 is 0 Å². The van der Waals surface area contributed by atoms with Crippen molar-refractivity contribution < 1.29 is 13.6 Å². The first-order chi connectivity index (χ1) is 8.82. The van der Waals surface area contributed by atoms with Gasteiger partial charge in [-0.2, -0.15) is 0 Å². The Kier molecular flexibility index (Phi) is 3.03. The topological polar surface area (TPSA) is 52.3 Å². The van der Waals surface area contributed by atoms with Gasteiger partial charge in [-0.1, -0.05) is 27.7 Å². The Hall–Kier alpha value is -0.570. The zero-order chi connectivity index (χ0) is 16.0. The number of rotatable bonds is 3. The predicted octanol–water partition coefficient (Wildman–Crippen LogP) is 2.59. The molecule has 0 aromatic rings. The van der Waals surface area contributed by atoms with Gasteiger partial charge in [0.15, 0.2) is 0 Å². The minimum atomic E-state index is -1.99. The maximum absolute atomic E-state index is 11.8. The molecular weight excluding hydrogens is 214 g/mol. The minimum absolute atomic E-state index is 0.0479. The van der Waals surface area contributed by atoms with E-state index in [0.29, 0.717) is 12.8 Å². The Balaban J connectivity index is 3.30. The largest absolute Gasteiger partial charge is 0.469 e. The van der Waals surface area contributed by atoms with Crippen LogP contribution in [-0.4, -0.2) is 19.6 Å². The summed E-state index contributed by atoms with van der Waals surface area (Å²) < 4.78 is 29.3.